The smallest absolute Gasteiger partial charge is 0.337 e. The number of benzene rings is 2. The molecule has 0 unspecified atom stereocenters. The van der Waals surface area contributed by atoms with E-state index in [9.17, 15) is 9.59 Å². The van der Waals surface area contributed by atoms with Crippen molar-refractivity contribution in [3.8, 4) is 11.5 Å². The van der Waals surface area contributed by atoms with Gasteiger partial charge >= 0.3 is 5.97 Å². The van der Waals surface area contributed by atoms with Crippen molar-refractivity contribution < 1.29 is 23.8 Å². The Morgan fingerprint density at radius 3 is 2.39 bits per heavy atom. The van der Waals surface area contributed by atoms with Crippen LogP contribution in [-0.4, -0.2) is 26.5 Å². The van der Waals surface area contributed by atoms with Crippen molar-refractivity contribution in [2.45, 2.75) is 6.61 Å². The molecular weight excluding hydrogens is 364 g/mol. The molecule has 0 saturated carbocycles. The molecule has 6 heteroatoms. The summed E-state index contributed by atoms with van der Waals surface area (Å²) in [6.45, 7) is 0.276. The third-order valence-corrected chi connectivity index (χ3v) is 3.87. The molecule has 0 amide bonds. The maximum absolute atomic E-state index is 11.4. The predicted molar refractivity (Wildman–Crippen MR) is 88.2 cm³/mol. The third-order valence-electron chi connectivity index (χ3n) is 3.18. The second-order valence-corrected chi connectivity index (χ2v) is 5.47. The van der Waals surface area contributed by atoms with Crippen LogP contribution >= 0.6 is 15.9 Å². The number of aldehydes is 1. The number of methoxy groups -OCH3 is 2. The van der Waals surface area contributed by atoms with Gasteiger partial charge in [0.1, 0.15) is 6.61 Å². The molecule has 0 spiro atoms. The molecule has 2 aromatic rings. The van der Waals surface area contributed by atoms with Gasteiger partial charge in [-0.25, -0.2) is 4.79 Å². The lowest BCUT2D eigenvalue weighted by molar-refractivity contribution is 0.0600. The molecule has 0 N–H and O–H groups in total. The van der Waals surface area contributed by atoms with Crippen LogP contribution in [0.25, 0.3) is 0 Å². The highest BCUT2D eigenvalue weighted by molar-refractivity contribution is 9.10. The standard InChI is InChI=1S/C17H15BrO5/c1-21-15-8-14(18)13(9-19)7-16(15)23-10-11-3-5-12(6-4-11)17(20)22-2/h3-9H,10H2,1-2H3. The van der Waals surface area contributed by atoms with Gasteiger partial charge in [-0.1, -0.05) is 12.1 Å². The maximum Gasteiger partial charge on any atom is 0.337 e. The Bertz CT molecular complexity index is 710. The van der Waals surface area contributed by atoms with E-state index in [1.165, 1.54) is 14.2 Å². The van der Waals surface area contributed by atoms with E-state index < -0.39 is 0 Å². The minimum absolute atomic E-state index is 0.276. The molecule has 120 valence electrons. The zero-order valence-corrected chi connectivity index (χ0v) is 14.3. The minimum atomic E-state index is -0.386. The van der Waals surface area contributed by atoms with E-state index in [4.69, 9.17) is 9.47 Å². The lowest BCUT2D eigenvalue weighted by Gasteiger charge is -2.12. The quantitative estimate of drug-likeness (QED) is 0.567. The molecule has 0 heterocycles. The maximum atomic E-state index is 11.4. The van der Waals surface area contributed by atoms with Gasteiger partial charge in [0.15, 0.2) is 17.8 Å². The molecule has 2 aromatic carbocycles. The van der Waals surface area contributed by atoms with Gasteiger partial charge in [-0.15, -0.1) is 0 Å². The van der Waals surface area contributed by atoms with Crippen LogP contribution in [0.5, 0.6) is 11.5 Å². The first-order valence-electron chi connectivity index (χ1n) is 6.71. The highest BCUT2D eigenvalue weighted by atomic mass is 79.9. The zero-order chi connectivity index (χ0) is 16.8. The molecule has 2 rings (SSSR count). The number of carbonyl (C=O) groups excluding carboxylic acids is 2. The van der Waals surface area contributed by atoms with Gasteiger partial charge in [-0.2, -0.15) is 0 Å². The highest BCUT2D eigenvalue weighted by Crippen LogP contribution is 2.33. The van der Waals surface area contributed by atoms with Crippen LogP contribution < -0.4 is 9.47 Å². The molecule has 0 radical (unpaired) electrons. The average molecular weight is 379 g/mol. The van der Waals surface area contributed by atoms with Crippen molar-refractivity contribution in [1.29, 1.82) is 0 Å². The molecule has 5 nitrogen and oxygen atoms in total. The van der Waals surface area contributed by atoms with E-state index >= 15 is 0 Å². The summed E-state index contributed by atoms with van der Waals surface area (Å²) in [5.74, 6) is 0.603. The van der Waals surface area contributed by atoms with E-state index in [1.54, 1.807) is 36.4 Å². The van der Waals surface area contributed by atoms with E-state index in [0.717, 1.165) is 11.8 Å². The number of hydrogen-bond acceptors (Lipinski definition) is 5. The SMILES string of the molecule is COC(=O)c1ccc(COc2cc(C=O)c(Br)cc2OC)cc1. The molecule has 0 fully saturated rings. The van der Waals surface area contributed by atoms with Crippen LogP contribution in [0, 0.1) is 0 Å². The predicted octanol–water partition coefficient (Wildman–Crippen LogP) is 3.64. The second-order valence-electron chi connectivity index (χ2n) is 4.62. The number of rotatable bonds is 6. The van der Waals surface area contributed by atoms with Crippen LogP contribution in [0.15, 0.2) is 40.9 Å². The van der Waals surface area contributed by atoms with Crippen molar-refractivity contribution in [2.75, 3.05) is 14.2 Å². The van der Waals surface area contributed by atoms with E-state index in [0.29, 0.717) is 27.1 Å². The molecular formula is C17H15BrO5. The number of hydrogen-bond donors (Lipinski definition) is 0. The Hall–Kier alpha value is -2.34. The van der Waals surface area contributed by atoms with Gasteiger partial charge < -0.3 is 14.2 Å². The van der Waals surface area contributed by atoms with Gasteiger partial charge in [-0.05, 0) is 45.8 Å². The first-order valence-corrected chi connectivity index (χ1v) is 7.51. The van der Waals surface area contributed by atoms with Gasteiger partial charge in [0, 0.05) is 10.0 Å². The molecule has 0 aliphatic carbocycles. The summed E-state index contributed by atoms with van der Waals surface area (Å²) in [6, 6.07) is 10.2. The Labute approximate surface area is 142 Å². The molecule has 0 aliphatic heterocycles. The van der Waals surface area contributed by atoms with Gasteiger partial charge in [0.25, 0.3) is 0 Å². The Morgan fingerprint density at radius 2 is 1.83 bits per heavy atom. The summed E-state index contributed by atoms with van der Waals surface area (Å²) >= 11 is 3.30. The van der Waals surface area contributed by atoms with Crippen molar-refractivity contribution in [3.63, 3.8) is 0 Å². The van der Waals surface area contributed by atoms with Crippen LogP contribution in [0.4, 0.5) is 0 Å². The lowest BCUT2D eigenvalue weighted by atomic mass is 10.1. The van der Waals surface area contributed by atoms with E-state index in [1.807, 2.05) is 0 Å². The topological polar surface area (TPSA) is 61.8 Å². The molecule has 0 aromatic heterocycles. The van der Waals surface area contributed by atoms with Gasteiger partial charge in [0.05, 0.1) is 19.8 Å². The molecule has 0 aliphatic rings. The van der Waals surface area contributed by atoms with Crippen LogP contribution in [0.1, 0.15) is 26.3 Å². The monoisotopic (exact) mass is 378 g/mol. The molecule has 0 bridgehead atoms. The zero-order valence-electron chi connectivity index (χ0n) is 12.7. The van der Waals surface area contributed by atoms with Gasteiger partial charge in [0.2, 0.25) is 0 Å². The normalized spacial score (nSPS) is 10.0. The fourth-order valence-electron chi connectivity index (χ4n) is 1.93. The summed E-state index contributed by atoms with van der Waals surface area (Å²) in [6.07, 6.45) is 0.738. The summed E-state index contributed by atoms with van der Waals surface area (Å²) < 4.78 is 16.3. The van der Waals surface area contributed by atoms with Crippen molar-refractivity contribution >= 4 is 28.2 Å². The fourth-order valence-corrected chi connectivity index (χ4v) is 2.35. The Morgan fingerprint density at radius 1 is 1.13 bits per heavy atom. The van der Waals surface area contributed by atoms with Crippen LogP contribution in [0.3, 0.4) is 0 Å². The van der Waals surface area contributed by atoms with Crippen molar-refractivity contribution in [2.24, 2.45) is 0 Å². The average Bonchev–Trinajstić information content (AvgIpc) is 2.60. The van der Waals surface area contributed by atoms with E-state index in [2.05, 4.69) is 20.7 Å². The fraction of sp³-hybridized carbons (Fsp3) is 0.176. The summed E-state index contributed by atoms with van der Waals surface area (Å²) in [4.78, 5) is 22.4. The van der Waals surface area contributed by atoms with E-state index in [-0.39, 0.29) is 12.6 Å². The van der Waals surface area contributed by atoms with Crippen LogP contribution in [0.2, 0.25) is 0 Å². The first kappa shape index (κ1) is 17.0. The lowest BCUT2D eigenvalue weighted by Crippen LogP contribution is -2.02. The molecule has 23 heavy (non-hydrogen) atoms. The Balaban J connectivity index is 2.14. The van der Waals surface area contributed by atoms with Crippen molar-refractivity contribution in [1.82, 2.24) is 0 Å². The first-order chi connectivity index (χ1) is 11.1. The third kappa shape index (κ3) is 4.10. The summed E-state index contributed by atoms with van der Waals surface area (Å²) in [5.41, 5.74) is 1.82. The molecule has 0 saturated heterocycles. The molecule has 0 atom stereocenters. The second kappa shape index (κ2) is 7.78. The van der Waals surface area contributed by atoms with Crippen molar-refractivity contribution in [3.05, 3.63) is 57.6 Å². The minimum Gasteiger partial charge on any atom is -0.493 e. The largest absolute Gasteiger partial charge is 0.493 e. The summed E-state index contributed by atoms with van der Waals surface area (Å²) in [7, 11) is 2.87. The summed E-state index contributed by atoms with van der Waals surface area (Å²) in [5, 5.41) is 0. The number of ether oxygens (including phenoxy) is 3. The number of carbonyl (C=O) groups is 2. The Kier molecular flexibility index (Phi) is 5.76. The van der Waals surface area contributed by atoms with Gasteiger partial charge in [-0.3, -0.25) is 4.79 Å². The number of esters is 1. The highest BCUT2D eigenvalue weighted by Gasteiger charge is 2.10. The number of halogens is 1. The van der Waals surface area contributed by atoms with Crippen LogP contribution in [-0.2, 0) is 11.3 Å².